The lowest BCUT2D eigenvalue weighted by Crippen LogP contribution is -2.36. The summed E-state index contributed by atoms with van der Waals surface area (Å²) < 4.78 is 0. The van der Waals surface area contributed by atoms with Gasteiger partial charge in [0.1, 0.15) is 0 Å². The molecule has 0 spiro atoms. The Morgan fingerprint density at radius 3 is 3.12 bits per heavy atom. The second-order valence-corrected chi connectivity index (χ2v) is 2.21. The zero-order chi connectivity index (χ0) is 5.82. The predicted octanol–water partition coefficient (Wildman–Crippen LogP) is 0.305. The molecule has 1 saturated heterocycles. The van der Waals surface area contributed by atoms with E-state index in [2.05, 4.69) is 17.6 Å². The minimum atomic E-state index is 0.611. The summed E-state index contributed by atoms with van der Waals surface area (Å²) in [6, 6.07) is 0. The van der Waals surface area contributed by atoms with Crippen LogP contribution in [0.1, 0.15) is 19.8 Å². The molecule has 0 saturated carbocycles. The van der Waals surface area contributed by atoms with Crippen molar-refractivity contribution in [2.24, 2.45) is 0 Å². The van der Waals surface area contributed by atoms with Crippen LogP contribution in [-0.2, 0) is 0 Å². The molecule has 48 valence electrons. The lowest BCUT2D eigenvalue weighted by atomic mass is 10.3. The molecule has 0 bridgehead atoms. The minimum Gasteiger partial charge on any atom is -0.302 e. The van der Waals surface area contributed by atoms with E-state index in [9.17, 15) is 0 Å². The van der Waals surface area contributed by atoms with Crippen LogP contribution >= 0.6 is 0 Å². The highest BCUT2D eigenvalue weighted by molar-refractivity contribution is 4.70. The molecular formula is C6H14N2. The summed E-state index contributed by atoms with van der Waals surface area (Å²) in [5.41, 5.74) is 0. The smallest absolute Gasteiger partial charge is 0.0572 e. The maximum absolute atomic E-state index is 3.35. The molecule has 2 heteroatoms. The topological polar surface area (TPSA) is 24.1 Å². The van der Waals surface area contributed by atoms with Crippen molar-refractivity contribution in [2.45, 2.75) is 25.9 Å². The number of hydrogen-bond donors (Lipinski definition) is 2. The molecular weight excluding hydrogens is 100 g/mol. The molecule has 2 nitrogen and oxygen atoms in total. The predicted molar refractivity (Wildman–Crippen MR) is 34.7 cm³/mol. The molecule has 2 N–H and O–H groups in total. The fraction of sp³-hybridized carbons (Fsp3) is 1.00. The second-order valence-electron chi connectivity index (χ2n) is 2.21. The third-order valence-corrected chi connectivity index (χ3v) is 1.51. The highest BCUT2D eigenvalue weighted by Crippen LogP contribution is 1.99. The van der Waals surface area contributed by atoms with Gasteiger partial charge in [0, 0.05) is 0 Å². The molecule has 0 aromatic rings. The summed E-state index contributed by atoms with van der Waals surface area (Å²) in [6.45, 7) is 4.41. The summed E-state index contributed by atoms with van der Waals surface area (Å²) in [4.78, 5) is 0. The van der Waals surface area contributed by atoms with E-state index >= 15 is 0 Å². The first-order valence-electron chi connectivity index (χ1n) is 3.40. The molecule has 1 fully saturated rings. The Kier molecular flexibility index (Phi) is 2.30. The van der Waals surface area contributed by atoms with Gasteiger partial charge in [0.05, 0.1) is 6.17 Å². The lowest BCUT2D eigenvalue weighted by molar-refractivity contribution is 0.498. The zero-order valence-corrected chi connectivity index (χ0v) is 5.41. The van der Waals surface area contributed by atoms with Crippen LogP contribution in [0.5, 0.6) is 0 Å². The molecule has 1 aliphatic rings. The van der Waals surface area contributed by atoms with E-state index in [1.54, 1.807) is 0 Å². The van der Waals surface area contributed by atoms with E-state index in [4.69, 9.17) is 0 Å². The van der Waals surface area contributed by atoms with Gasteiger partial charge in [-0.1, -0.05) is 6.92 Å². The Balaban J connectivity index is 2.06. The van der Waals surface area contributed by atoms with E-state index in [1.807, 2.05) is 0 Å². The number of hydrogen-bond acceptors (Lipinski definition) is 2. The summed E-state index contributed by atoms with van der Waals surface area (Å²) in [5.74, 6) is 0. The van der Waals surface area contributed by atoms with E-state index in [-0.39, 0.29) is 0 Å². The van der Waals surface area contributed by atoms with Crippen molar-refractivity contribution >= 4 is 0 Å². The second kappa shape index (κ2) is 3.05. The molecule has 1 aliphatic heterocycles. The van der Waals surface area contributed by atoms with Crippen LogP contribution in [0.15, 0.2) is 0 Å². The first-order valence-corrected chi connectivity index (χ1v) is 3.40. The fourth-order valence-electron chi connectivity index (χ4n) is 1.11. The van der Waals surface area contributed by atoms with Gasteiger partial charge in [-0.3, -0.25) is 0 Å². The van der Waals surface area contributed by atoms with Crippen LogP contribution in [0.2, 0.25) is 0 Å². The average molecular weight is 114 g/mol. The van der Waals surface area contributed by atoms with Crippen molar-refractivity contribution in [3.05, 3.63) is 0 Å². The van der Waals surface area contributed by atoms with Gasteiger partial charge in [-0.05, 0) is 25.9 Å². The van der Waals surface area contributed by atoms with E-state index in [0.29, 0.717) is 6.17 Å². The molecule has 8 heavy (non-hydrogen) atoms. The average Bonchev–Trinajstić information content (AvgIpc) is 2.19. The molecule has 1 heterocycles. The van der Waals surface area contributed by atoms with Gasteiger partial charge in [-0.15, -0.1) is 0 Å². The Labute approximate surface area is 50.7 Å². The Morgan fingerprint density at radius 2 is 2.62 bits per heavy atom. The Morgan fingerprint density at radius 1 is 1.75 bits per heavy atom. The van der Waals surface area contributed by atoms with E-state index < -0.39 is 0 Å². The fourth-order valence-corrected chi connectivity index (χ4v) is 1.11. The quantitative estimate of drug-likeness (QED) is 0.539. The minimum absolute atomic E-state index is 0.611. The lowest BCUT2D eigenvalue weighted by Gasteiger charge is -2.08. The zero-order valence-electron chi connectivity index (χ0n) is 5.41. The van der Waals surface area contributed by atoms with Crippen LogP contribution < -0.4 is 10.6 Å². The maximum Gasteiger partial charge on any atom is 0.0572 e. The summed E-state index contributed by atoms with van der Waals surface area (Å²) in [7, 11) is 0. The highest BCUT2D eigenvalue weighted by atomic mass is 15.1. The van der Waals surface area contributed by atoms with Gasteiger partial charge in [0.15, 0.2) is 0 Å². The first-order chi connectivity index (χ1) is 3.93. The van der Waals surface area contributed by atoms with Gasteiger partial charge in [0.2, 0.25) is 0 Å². The van der Waals surface area contributed by atoms with Crippen molar-refractivity contribution in [1.82, 2.24) is 10.6 Å². The Hall–Kier alpha value is -0.0800. The van der Waals surface area contributed by atoms with Crippen LogP contribution in [0.3, 0.4) is 0 Å². The molecule has 0 aromatic carbocycles. The van der Waals surface area contributed by atoms with Gasteiger partial charge in [-0.2, -0.15) is 0 Å². The summed E-state index contributed by atoms with van der Waals surface area (Å²) in [6.07, 6.45) is 3.24. The van der Waals surface area contributed by atoms with E-state index in [0.717, 1.165) is 6.54 Å². The maximum atomic E-state index is 3.35. The SMILES string of the molecule is CCNC1CCCN1. The molecule has 0 aromatic heterocycles. The largest absolute Gasteiger partial charge is 0.302 e. The molecule has 0 radical (unpaired) electrons. The van der Waals surface area contributed by atoms with Crippen molar-refractivity contribution in [2.75, 3.05) is 13.1 Å². The normalized spacial score (nSPS) is 28.9. The van der Waals surface area contributed by atoms with Crippen LogP contribution in [0.4, 0.5) is 0 Å². The molecule has 1 unspecified atom stereocenters. The third kappa shape index (κ3) is 1.46. The monoisotopic (exact) mass is 114 g/mol. The van der Waals surface area contributed by atoms with Crippen LogP contribution in [0.25, 0.3) is 0 Å². The summed E-state index contributed by atoms with van der Waals surface area (Å²) in [5, 5.41) is 6.68. The van der Waals surface area contributed by atoms with Crippen molar-refractivity contribution in [3.8, 4) is 0 Å². The van der Waals surface area contributed by atoms with Crippen molar-refractivity contribution < 1.29 is 0 Å². The molecule has 0 amide bonds. The summed E-state index contributed by atoms with van der Waals surface area (Å²) >= 11 is 0. The van der Waals surface area contributed by atoms with Gasteiger partial charge in [0.25, 0.3) is 0 Å². The number of nitrogens with one attached hydrogen (secondary N) is 2. The standard InChI is InChI=1S/C6H14N2/c1-2-7-6-4-3-5-8-6/h6-8H,2-5H2,1H3. The molecule has 1 rings (SSSR count). The first kappa shape index (κ1) is 6.05. The number of rotatable bonds is 2. The van der Waals surface area contributed by atoms with Gasteiger partial charge >= 0.3 is 0 Å². The van der Waals surface area contributed by atoms with Gasteiger partial charge in [-0.25, -0.2) is 0 Å². The van der Waals surface area contributed by atoms with Crippen LogP contribution in [0, 0.1) is 0 Å². The van der Waals surface area contributed by atoms with Crippen molar-refractivity contribution in [3.63, 3.8) is 0 Å². The third-order valence-electron chi connectivity index (χ3n) is 1.51. The van der Waals surface area contributed by atoms with Crippen molar-refractivity contribution in [1.29, 1.82) is 0 Å². The molecule has 0 aliphatic carbocycles. The van der Waals surface area contributed by atoms with Crippen LogP contribution in [-0.4, -0.2) is 19.3 Å². The highest BCUT2D eigenvalue weighted by Gasteiger charge is 2.10. The Bertz CT molecular complexity index is 57.5. The van der Waals surface area contributed by atoms with Gasteiger partial charge < -0.3 is 10.6 Å². The van der Waals surface area contributed by atoms with E-state index in [1.165, 1.54) is 19.4 Å². The molecule has 1 atom stereocenters.